The second-order valence-electron chi connectivity index (χ2n) is 4.02. The maximum Gasteiger partial charge on any atom is 0.300 e. The largest absolute Gasteiger partial charge is 0.481 e. The summed E-state index contributed by atoms with van der Waals surface area (Å²) < 4.78 is 0. The first-order chi connectivity index (χ1) is 9.17. The van der Waals surface area contributed by atoms with Crippen LogP contribution in [0.25, 0.3) is 0 Å². The summed E-state index contributed by atoms with van der Waals surface area (Å²) in [5.74, 6) is -1.67. The number of carboxylic acids is 2. The quantitative estimate of drug-likeness (QED) is 0.574. The fraction of sp³-hybridized carbons (Fsp3) is 0.571. The first-order valence-electron chi connectivity index (χ1n) is 6.09. The summed E-state index contributed by atoms with van der Waals surface area (Å²) in [4.78, 5) is 18.0. The molecule has 6 heteroatoms. The van der Waals surface area contributed by atoms with Crippen LogP contribution in [0, 0.1) is 0 Å². The molecule has 0 aromatic carbocycles. The van der Waals surface area contributed by atoms with E-state index in [0.717, 1.165) is 32.3 Å². The smallest absolute Gasteiger partial charge is 0.300 e. The van der Waals surface area contributed by atoms with Gasteiger partial charge in [0.05, 0.1) is 13.2 Å². The van der Waals surface area contributed by atoms with Crippen LogP contribution in [-0.2, 0) is 9.59 Å². The molecule has 0 heterocycles. The van der Waals surface area contributed by atoms with Crippen molar-refractivity contribution in [1.29, 1.82) is 0 Å². The van der Waals surface area contributed by atoms with Crippen molar-refractivity contribution in [3.63, 3.8) is 0 Å². The molecule has 0 atom stereocenters. The third-order valence-corrected chi connectivity index (χ3v) is 1.72. The van der Waals surface area contributed by atoms with Crippen LogP contribution in [0.1, 0.15) is 40.5 Å². The predicted molar refractivity (Wildman–Crippen MR) is 77.5 cm³/mol. The van der Waals surface area contributed by atoms with Crippen LogP contribution in [-0.4, -0.2) is 45.6 Å². The van der Waals surface area contributed by atoms with Crippen LogP contribution in [0.5, 0.6) is 0 Å². The van der Waals surface area contributed by atoms with Crippen LogP contribution in [0.15, 0.2) is 23.3 Å². The molecule has 0 spiro atoms. The highest BCUT2D eigenvalue weighted by molar-refractivity contribution is 5.63. The third-order valence-electron chi connectivity index (χ3n) is 1.72. The van der Waals surface area contributed by atoms with Gasteiger partial charge in [0, 0.05) is 13.8 Å². The summed E-state index contributed by atoms with van der Waals surface area (Å²) >= 11 is 0. The first kappa shape index (κ1) is 23.4. The Balaban J connectivity index is -0.000000297. The fourth-order valence-corrected chi connectivity index (χ4v) is 0.869. The van der Waals surface area contributed by atoms with E-state index in [0.29, 0.717) is 0 Å². The van der Waals surface area contributed by atoms with E-state index in [1.54, 1.807) is 0 Å². The van der Waals surface area contributed by atoms with Crippen molar-refractivity contribution in [2.24, 2.45) is 0 Å². The van der Waals surface area contributed by atoms with Gasteiger partial charge in [0.2, 0.25) is 0 Å². The first-order valence-corrected chi connectivity index (χ1v) is 6.09. The maximum absolute atomic E-state index is 9.00. The molecule has 4 N–H and O–H groups in total. The Morgan fingerprint density at radius 3 is 1.55 bits per heavy atom. The molecule has 0 aliphatic heterocycles. The van der Waals surface area contributed by atoms with Crippen molar-refractivity contribution < 1.29 is 30.0 Å². The highest BCUT2D eigenvalue weighted by atomic mass is 16.4. The van der Waals surface area contributed by atoms with Crippen molar-refractivity contribution in [3.8, 4) is 0 Å². The van der Waals surface area contributed by atoms with Gasteiger partial charge in [0.15, 0.2) is 0 Å². The van der Waals surface area contributed by atoms with E-state index < -0.39 is 11.9 Å². The second kappa shape index (κ2) is 17.3. The molecule has 0 aromatic rings. The number of aliphatic hydroxyl groups excluding tert-OH is 2. The molecule has 0 aliphatic carbocycles. The van der Waals surface area contributed by atoms with E-state index in [-0.39, 0.29) is 13.2 Å². The Morgan fingerprint density at radius 2 is 1.25 bits per heavy atom. The highest BCUT2D eigenvalue weighted by Gasteiger charge is 1.88. The van der Waals surface area contributed by atoms with Crippen molar-refractivity contribution in [1.82, 2.24) is 0 Å². The van der Waals surface area contributed by atoms with Crippen molar-refractivity contribution in [3.05, 3.63) is 23.3 Å². The fourth-order valence-electron chi connectivity index (χ4n) is 0.869. The third kappa shape index (κ3) is 44.1. The number of aliphatic carboxylic acids is 2. The lowest BCUT2D eigenvalue weighted by atomic mass is 10.1. The Labute approximate surface area is 120 Å². The zero-order valence-corrected chi connectivity index (χ0v) is 12.6. The lowest BCUT2D eigenvalue weighted by Crippen LogP contribution is -1.85. The molecule has 0 unspecified atom stereocenters. The summed E-state index contributed by atoms with van der Waals surface area (Å²) in [5.41, 5.74) is 2.20. The molecule has 6 nitrogen and oxygen atoms in total. The minimum absolute atomic E-state index is 0.120. The normalized spacial score (nSPS) is 10.7. The molecular weight excluding hydrogens is 264 g/mol. The van der Waals surface area contributed by atoms with Gasteiger partial charge in [0.1, 0.15) is 0 Å². The lowest BCUT2D eigenvalue weighted by molar-refractivity contribution is -0.135. The monoisotopic (exact) mass is 290 g/mol. The number of carboxylic acid groups (broad SMARTS) is 2. The van der Waals surface area contributed by atoms with E-state index in [9.17, 15) is 0 Å². The maximum atomic E-state index is 9.00. The van der Waals surface area contributed by atoms with Crippen LogP contribution in [0.3, 0.4) is 0 Å². The zero-order valence-electron chi connectivity index (χ0n) is 12.6. The van der Waals surface area contributed by atoms with E-state index >= 15 is 0 Å². The van der Waals surface area contributed by atoms with Gasteiger partial charge in [-0.25, -0.2) is 0 Å². The van der Waals surface area contributed by atoms with Crippen molar-refractivity contribution >= 4 is 11.9 Å². The molecule has 118 valence electrons. The van der Waals surface area contributed by atoms with Gasteiger partial charge in [-0.05, 0) is 26.7 Å². The predicted octanol–water partition coefficient (Wildman–Crippen LogP) is 1.83. The molecule has 0 bridgehead atoms. The van der Waals surface area contributed by atoms with Crippen molar-refractivity contribution in [2.75, 3.05) is 13.2 Å². The van der Waals surface area contributed by atoms with E-state index in [1.807, 2.05) is 26.0 Å². The van der Waals surface area contributed by atoms with Crippen LogP contribution < -0.4 is 0 Å². The van der Waals surface area contributed by atoms with Gasteiger partial charge < -0.3 is 20.4 Å². The summed E-state index contributed by atoms with van der Waals surface area (Å²) in [5, 5.41) is 32.1. The molecule has 0 aliphatic rings. The molecule has 0 amide bonds. The minimum Gasteiger partial charge on any atom is -0.481 e. The number of allylic oxidation sites excluding steroid dienone is 2. The molecule has 0 saturated heterocycles. The molecule has 0 fully saturated rings. The Bertz CT molecular complexity index is 298. The van der Waals surface area contributed by atoms with E-state index in [1.165, 1.54) is 5.57 Å². The van der Waals surface area contributed by atoms with Gasteiger partial charge in [-0.2, -0.15) is 0 Å². The zero-order chi connectivity index (χ0) is 16.6. The van der Waals surface area contributed by atoms with Crippen LogP contribution in [0.4, 0.5) is 0 Å². The number of aliphatic hydroxyl groups is 2. The van der Waals surface area contributed by atoms with Gasteiger partial charge in [-0.15, -0.1) is 0 Å². The van der Waals surface area contributed by atoms with Gasteiger partial charge in [-0.1, -0.05) is 23.3 Å². The summed E-state index contributed by atoms with van der Waals surface area (Å²) in [6.07, 6.45) is 5.73. The molecule has 0 aromatic heterocycles. The SMILES string of the molecule is C/C(=C\CC/C(C)=C/CO)CO.CC(=O)O.CC(=O)O. The van der Waals surface area contributed by atoms with Gasteiger partial charge in [-0.3, -0.25) is 9.59 Å². The molecule has 0 rings (SSSR count). The number of hydrogen-bond donors (Lipinski definition) is 4. The number of carbonyl (C=O) groups is 2. The van der Waals surface area contributed by atoms with Gasteiger partial charge >= 0.3 is 0 Å². The second-order valence-corrected chi connectivity index (χ2v) is 4.02. The minimum atomic E-state index is -0.833. The van der Waals surface area contributed by atoms with Crippen molar-refractivity contribution in [2.45, 2.75) is 40.5 Å². The topological polar surface area (TPSA) is 115 Å². The average molecular weight is 290 g/mol. The molecule has 20 heavy (non-hydrogen) atoms. The van der Waals surface area contributed by atoms with Crippen LogP contribution in [0.2, 0.25) is 0 Å². The average Bonchev–Trinajstić information content (AvgIpc) is 2.27. The number of hydrogen-bond acceptors (Lipinski definition) is 4. The summed E-state index contributed by atoms with van der Waals surface area (Å²) in [7, 11) is 0. The Kier molecular flexibility index (Phi) is 20.3. The summed E-state index contributed by atoms with van der Waals surface area (Å²) in [6.45, 7) is 6.33. The molecule has 0 saturated carbocycles. The molecule has 0 radical (unpaired) electrons. The summed E-state index contributed by atoms with van der Waals surface area (Å²) in [6, 6.07) is 0. The van der Waals surface area contributed by atoms with Crippen LogP contribution >= 0.6 is 0 Å². The van der Waals surface area contributed by atoms with E-state index in [4.69, 9.17) is 30.0 Å². The van der Waals surface area contributed by atoms with E-state index in [2.05, 4.69) is 0 Å². The lowest BCUT2D eigenvalue weighted by Gasteiger charge is -1.97. The molecular formula is C14H26O6. The Hall–Kier alpha value is -1.66. The standard InChI is InChI=1S/C10H18O2.2C2H4O2/c1-9(6-7-11)4-3-5-10(2)8-12;2*1-2(3)4/h5-6,11-12H,3-4,7-8H2,1-2H3;2*1H3,(H,3,4)/b9-6+,10-5+;;. The highest BCUT2D eigenvalue weighted by Crippen LogP contribution is 2.05. The van der Waals surface area contributed by atoms with Gasteiger partial charge in [0.25, 0.3) is 11.9 Å². The Morgan fingerprint density at radius 1 is 0.850 bits per heavy atom. The number of rotatable bonds is 5.